The van der Waals surface area contributed by atoms with Gasteiger partial charge in [0.25, 0.3) is 5.56 Å². The predicted octanol–water partition coefficient (Wildman–Crippen LogP) is 5.23. The lowest BCUT2D eigenvalue weighted by Crippen LogP contribution is -2.23. The molecule has 2 N–H and O–H groups in total. The van der Waals surface area contributed by atoms with Crippen molar-refractivity contribution in [1.29, 1.82) is 0 Å². The van der Waals surface area contributed by atoms with Crippen LogP contribution in [0.4, 0.5) is 10.1 Å². The first kappa shape index (κ1) is 22.0. The first-order valence-corrected chi connectivity index (χ1v) is 11.5. The number of H-pyrrole nitrogens is 1. The predicted molar refractivity (Wildman–Crippen MR) is 127 cm³/mol. The van der Waals surface area contributed by atoms with Gasteiger partial charge in [-0.25, -0.2) is 9.37 Å². The van der Waals surface area contributed by atoms with Crippen LogP contribution in [-0.4, -0.2) is 28.2 Å². The third-order valence-corrected chi connectivity index (χ3v) is 6.70. The molecular formula is C23H20FN3O3S2. The molecule has 164 valence electrons. The van der Waals surface area contributed by atoms with Crippen molar-refractivity contribution in [3.05, 3.63) is 69.6 Å². The Labute approximate surface area is 191 Å². The van der Waals surface area contributed by atoms with Gasteiger partial charge in [0.1, 0.15) is 16.4 Å². The Bertz CT molecular complexity index is 1350. The third kappa shape index (κ3) is 4.53. The summed E-state index contributed by atoms with van der Waals surface area (Å²) in [6, 6.07) is 11.5. The van der Waals surface area contributed by atoms with Crippen molar-refractivity contribution in [2.45, 2.75) is 24.3 Å². The number of amides is 1. The number of methoxy groups -OCH3 is 1. The van der Waals surface area contributed by atoms with Gasteiger partial charge >= 0.3 is 0 Å². The van der Waals surface area contributed by atoms with Crippen molar-refractivity contribution in [3.8, 4) is 16.9 Å². The van der Waals surface area contributed by atoms with E-state index in [1.54, 1.807) is 32.2 Å². The fourth-order valence-corrected chi connectivity index (χ4v) is 5.00. The number of fused-ring (bicyclic) bond motifs is 1. The lowest BCUT2D eigenvalue weighted by molar-refractivity contribution is -0.115. The Kier molecular flexibility index (Phi) is 6.29. The molecule has 1 atom stereocenters. The molecule has 2 heterocycles. The summed E-state index contributed by atoms with van der Waals surface area (Å²) >= 11 is 2.49. The van der Waals surface area contributed by atoms with Crippen LogP contribution in [0.15, 0.2) is 57.8 Å². The average Bonchev–Trinajstić information content (AvgIpc) is 3.19. The fraction of sp³-hybridized carbons (Fsp3) is 0.174. The third-order valence-electron chi connectivity index (χ3n) is 4.85. The number of nitrogens with zero attached hydrogens (tertiary/aromatic N) is 1. The minimum absolute atomic E-state index is 0.236. The molecule has 0 aliphatic heterocycles. The second-order valence-electron chi connectivity index (χ2n) is 7.16. The summed E-state index contributed by atoms with van der Waals surface area (Å²) in [6.07, 6.45) is 0. The number of anilines is 1. The first-order chi connectivity index (χ1) is 15.4. The first-order valence-electron chi connectivity index (χ1n) is 9.75. The number of rotatable bonds is 6. The lowest BCUT2D eigenvalue weighted by Gasteiger charge is -2.14. The highest BCUT2D eigenvalue weighted by Crippen LogP contribution is 2.32. The number of hydrogen-bond donors (Lipinski definition) is 2. The minimum atomic E-state index is -0.516. The van der Waals surface area contributed by atoms with E-state index in [9.17, 15) is 14.0 Å². The van der Waals surface area contributed by atoms with Gasteiger partial charge in [0.2, 0.25) is 5.91 Å². The SMILES string of the molecule is COc1ccc(C)cc1NC(=O)C(C)Sc1nc2scc(-c3ccc(F)cc3)c2c(=O)[nH]1. The highest BCUT2D eigenvalue weighted by Gasteiger charge is 2.20. The standard InChI is InChI=1S/C23H20FN3O3S2/c1-12-4-9-18(30-3)17(10-12)25-20(28)13(2)32-23-26-21(29)19-16(11-31-22(19)27-23)14-5-7-15(24)8-6-14/h4-11,13H,1-3H3,(H,25,28)(H,26,27,29). The largest absolute Gasteiger partial charge is 0.495 e. The maximum Gasteiger partial charge on any atom is 0.260 e. The molecule has 4 aromatic rings. The molecule has 0 saturated heterocycles. The quantitative estimate of drug-likeness (QED) is 0.299. The number of ether oxygens (including phenoxy) is 1. The normalized spacial score (nSPS) is 12.0. The number of thioether (sulfide) groups is 1. The molecule has 0 aliphatic carbocycles. The van der Waals surface area contributed by atoms with Crippen LogP contribution in [0.1, 0.15) is 12.5 Å². The summed E-state index contributed by atoms with van der Waals surface area (Å²) in [6.45, 7) is 3.67. The lowest BCUT2D eigenvalue weighted by atomic mass is 10.1. The van der Waals surface area contributed by atoms with Gasteiger partial charge in [-0.05, 0) is 49.2 Å². The number of aromatic nitrogens is 2. The molecule has 0 bridgehead atoms. The molecule has 0 aliphatic rings. The summed E-state index contributed by atoms with van der Waals surface area (Å²) in [5, 5.41) is 4.99. The summed E-state index contributed by atoms with van der Waals surface area (Å²) in [7, 11) is 1.55. The second-order valence-corrected chi connectivity index (χ2v) is 9.35. The van der Waals surface area contributed by atoms with E-state index in [-0.39, 0.29) is 17.3 Å². The van der Waals surface area contributed by atoms with Crippen molar-refractivity contribution < 1.29 is 13.9 Å². The number of aromatic amines is 1. The van der Waals surface area contributed by atoms with Crippen LogP contribution in [-0.2, 0) is 4.79 Å². The number of carbonyl (C=O) groups excluding carboxylic acids is 1. The van der Waals surface area contributed by atoms with Gasteiger partial charge in [-0.3, -0.25) is 9.59 Å². The number of benzene rings is 2. The number of thiophene rings is 1. The Balaban J connectivity index is 1.55. The number of carbonyl (C=O) groups is 1. The molecule has 2 aromatic carbocycles. The van der Waals surface area contributed by atoms with Crippen LogP contribution in [0, 0.1) is 12.7 Å². The summed E-state index contributed by atoms with van der Waals surface area (Å²) in [5.74, 6) is -0.00427. The van der Waals surface area contributed by atoms with Gasteiger partial charge in [0.05, 0.1) is 23.4 Å². The van der Waals surface area contributed by atoms with E-state index >= 15 is 0 Å². The molecule has 0 spiro atoms. The van der Waals surface area contributed by atoms with Crippen molar-refractivity contribution in [3.63, 3.8) is 0 Å². The van der Waals surface area contributed by atoms with Gasteiger partial charge in [0.15, 0.2) is 5.16 Å². The van der Waals surface area contributed by atoms with E-state index < -0.39 is 5.25 Å². The molecule has 6 nitrogen and oxygen atoms in total. The van der Waals surface area contributed by atoms with Crippen molar-refractivity contribution in [2.75, 3.05) is 12.4 Å². The van der Waals surface area contributed by atoms with Gasteiger partial charge < -0.3 is 15.0 Å². The monoisotopic (exact) mass is 469 g/mol. The molecule has 1 amide bonds. The molecule has 0 fully saturated rings. The topological polar surface area (TPSA) is 84.1 Å². The second kappa shape index (κ2) is 9.13. The zero-order chi connectivity index (χ0) is 22.8. The van der Waals surface area contributed by atoms with Crippen LogP contribution in [0.5, 0.6) is 5.75 Å². The Hall–Kier alpha value is -3.17. The summed E-state index contributed by atoms with van der Waals surface area (Å²) in [5.41, 5.74) is 2.72. The minimum Gasteiger partial charge on any atom is -0.495 e. The number of halogens is 1. The zero-order valence-electron chi connectivity index (χ0n) is 17.6. The Morgan fingerprint density at radius 2 is 2.00 bits per heavy atom. The Morgan fingerprint density at radius 1 is 1.25 bits per heavy atom. The molecular weight excluding hydrogens is 449 g/mol. The van der Waals surface area contributed by atoms with E-state index in [1.807, 2.05) is 24.4 Å². The van der Waals surface area contributed by atoms with E-state index in [0.717, 1.165) is 22.9 Å². The average molecular weight is 470 g/mol. The zero-order valence-corrected chi connectivity index (χ0v) is 19.2. The van der Waals surface area contributed by atoms with Crippen molar-refractivity contribution in [2.24, 2.45) is 0 Å². The number of nitrogens with one attached hydrogen (secondary N) is 2. The maximum atomic E-state index is 13.2. The summed E-state index contributed by atoms with van der Waals surface area (Å²) < 4.78 is 18.5. The maximum absolute atomic E-state index is 13.2. The van der Waals surface area contributed by atoms with Gasteiger partial charge in [-0.1, -0.05) is 30.0 Å². The van der Waals surface area contributed by atoms with Crippen LogP contribution in [0.25, 0.3) is 21.3 Å². The van der Waals surface area contributed by atoms with E-state index in [4.69, 9.17) is 4.74 Å². The van der Waals surface area contributed by atoms with Crippen molar-refractivity contribution >= 4 is 44.9 Å². The van der Waals surface area contributed by atoms with Crippen LogP contribution >= 0.6 is 23.1 Å². The highest BCUT2D eigenvalue weighted by molar-refractivity contribution is 8.00. The molecule has 32 heavy (non-hydrogen) atoms. The number of aryl methyl sites for hydroxylation is 1. The van der Waals surface area contributed by atoms with E-state index in [1.165, 1.54) is 23.5 Å². The van der Waals surface area contributed by atoms with Crippen LogP contribution in [0.3, 0.4) is 0 Å². The Morgan fingerprint density at radius 3 is 2.72 bits per heavy atom. The fourth-order valence-electron chi connectivity index (χ4n) is 3.20. The molecule has 0 radical (unpaired) electrons. The molecule has 0 saturated carbocycles. The van der Waals surface area contributed by atoms with Crippen LogP contribution < -0.4 is 15.6 Å². The molecule has 1 unspecified atom stereocenters. The van der Waals surface area contributed by atoms with Gasteiger partial charge in [-0.15, -0.1) is 11.3 Å². The van der Waals surface area contributed by atoms with E-state index in [0.29, 0.717) is 32.4 Å². The smallest absolute Gasteiger partial charge is 0.260 e. The van der Waals surface area contributed by atoms with Crippen molar-refractivity contribution in [1.82, 2.24) is 9.97 Å². The summed E-state index contributed by atoms with van der Waals surface area (Å²) in [4.78, 5) is 33.4. The highest BCUT2D eigenvalue weighted by atomic mass is 32.2. The van der Waals surface area contributed by atoms with Crippen LogP contribution in [0.2, 0.25) is 0 Å². The molecule has 4 rings (SSSR count). The van der Waals surface area contributed by atoms with E-state index in [2.05, 4.69) is 15.3 Å². The van der Waals surface area contributed by atoms with Gasteiger partial charge in [-0.2, -0.15) is 0 Å². The van der Waals surface area contributed by atoms with Gasteiger partial charge in [0, 0.05) is 10.9 Å². The molecule has 9 heteroatoms. The molecule has 2 aromatic heterocycles. The number of hydrogen-bond acceptors (Lipinski definition) is 6.